The van der Waals surface area contributed by atoms with Gasteiger partial charge in [0.1, 0.15) is 5.82 Å². The van der Waals surface area contributed by atoms with E-state index in [1.165, 1.54) is 6.07 Å². The van der Waals surface area contributed by atoms with E-state index < -0.39 is 0 Å². The van der Waals surface area contributed by atoms with Gasteiger partial charge in [0.25, 0.3) is 0 Å². The second kappa shape index (κ2) is 10.6. The predicted molar refractivity (Wildman–Crippen MR) is 101 cm³/mol. The van der Waals surface area contributed by atoms with Crippen molar-refractivity contribution in [3.05, 3.63) is 34.6 Å². The Morgan fingerprint density at radius 3 is 2.76 bits per heavy atom. The molecule has 1 aliphatic rings. The van der Waals surface area contributed by atoms with Gasteiger partial charge < -0.3 is 15.4 Å². The van der Waals surface area contributed by atoms with Crippen LogP contribution in [0.15, 0.2) is 23.2 Å². The number of benzene rings is 1. The molecule has 0 aromatic heterocycles. The minimum Gasteiger partial charge on any atom is -0.385 e. The number of methoxy groups -OCH3 is 1. The third-order valence-electron chi connectivity index (χ3n) is 4.42. The lowest BCUT2D eigenvalue weighted by atomic mass is 10.0. The number of rotatable bonds is 8. The first-order valence-corrected chi connectivity index (χ1v) is 9.16. The van der Waals surface area contributed by atoms with Crippen LogP contribution in [0.5, 0.6) is 0 Å². The van der Waals surface area contributed by atoms with Crippen LogP contribution in [0.25, 0.3) is 0 Å². The molecule has 0 radical (unpaired) electrons. The van der Waals surface area contributed by atoms with Crippen molar-refractivity contribution in [2.24, 2.45) is 4.99 Å². The Bertz CT molecular complexity index is 544. The molecule has 2 N–H and O–H groups in total. The maximum absolute atomic E-state index is 14.4. The number of aliphatic imine (C=N–C) groups is 1. The molecule has 0 spiro atoms. The van der Waals surface area contributed by atoms with Gasteiger partial charge in [-0.1, -0.05) is 17.7 Å². The van der Waals surface area contributed by atoms with E-state index in [0.717, 1.165) is 38.9 Å². The van der Waals surface area contributed by atoms with Crippen LogP contribution >= 0.6 is 11.6 Å². The summed E-state index contributed by atoms with van der Waals surface area (Å²) in [7, 11) is 3.42. The number of ether oxygens (including phenoxy) is 1. The van der Waals surface area contributed by atoms with Crippen molar-refractivity contribution in [3.8, 4) is 0 Å². The van der Waals surface area contributed by atoms with E-state index in [0.29, 0.717) is 29.7 Å². The minimum absolute atomic E-state index is 0.117. The highest BCUT2D eigenvalue weighted by Crippen LogP contribution is 2.31. The number of hydrogen-bond acceptors (Lipinski definition) is 3. The molecule has 1 aromatic carbocycles. The van der Waals surface area contributed by atoms with Gasteiger partial charge >= 0.3 is 0 Å². The summed E-state index contributed by atoms with van der Waals surface area (Å²) < 4.78 is 19.5. The molecule has 0 bridgehead atoms. The molecule has 25 heavy (non-hydrogen) atoms. The summed E-state index contributed by atoms with van der Waals surface area (Å²) in [5.41, 5.74) is 0.563. The average molecular weight is 371 g/mol. The van der Waals surface area contributed by atoms with E-state index in [-0.39, 0.29) is 11.9 Å². The Balaban J connectivity index is 2.04. The van der Waals surface area contributed by atoms with Crippen molar-refractivity contribution in [1.29, 1.82) is 0 Å². The average Bonchev–Trinajstić information content (AvgIpc) is 3.13. The summed E-state index contributed by atoms with van der Waals surface area (Å²) >= 11 is 6.32. The topological polar surface area (TPSA) is 48.9 Å². The quantitative estimate of drug-likeness (QED) is 0.419. The van der Waals surface area contributed by atoms with Crippen LogP contribution in [0.4, 0.5) is 4.39 Å². The summed E-state index contributed by atoms with van der Waals surface area (Å²) in [6, 6.07) is 4.75. The lowest BCUT2D eigenvalue weighted by Gasteiger charge is -2.29. The molecule has 1 fully saturated rings. The highest BCUT2D eigenvalue weighted by atomic mass is 35.5. The number of hydrogen-bond donors (Lipinski definition) is 2. The maximum Gasteiger partial charge on any atom is 0.191 e. The van der Waals surface area contributed by atoms with Crippen LogP contribution in [0.3, 0.4) is 0 Å². The van der Waals surface area contributed by atoms with Crippen LogP contribution in [0.1, 0.15) is 30.9 Å². The molecule has 1 unspecified atom stereocenters. The van der Waals surface area contributed by atoms with Gasteiger partial charge in [-0.3, -0.25) is 9.89 Å². The first-order valence-electron chi connectivity index (χ1n) is 8.78. The third-order valence-corrected chi connectivity index (χ3v) is 4.75. The normalized spacial score (nSPS) is 16.9. The molecule has 2 rings (SSSR count). The predicted octanol–water partition coefficient (Wildman–Crippen LogP) is 2.82. The molecule has 1 heterocycles. The summed E-state index contributed by atoms with van der Waals surface area (Å²) in [5.74, 6) is 0.446. The Kier molecular flexibility index (Phi) is 8.44. The molecule has 1 atom stereocenters. The molecule has 140 valence electrons. The number of likely N-dealkylation sites (tertiary alicyclic amines) is 1. The van der Waals surface area contributed by atoms with Crippen LogP contribution in [0, 0.1) is 5.82 Å². The summed E-state index contributed by atoms with van der Waals surface area (Å²) in [5, 5.41) is 7.03. The van der Waals surface area contributed by atoms with E-state index in [1.54, 1.807) is 26.3 Å². The smallest absolute Gasteiger partial charge is 0.191 e. The molecule has 1 saturated heterocycles. The second-order valence-electron chi connectivity index (χ2n) is 6.12. The van der Waals surface area contributed by atoms with Crippen molar-refractivity contribution >= 4 is 17.6 Å². The molecular formula is C18H28ClFN4O. The number of guanidine groups is 1. The molecule has 0 amide bonds. The van der Waals surface area contributed by atoms with E-state index in [2.05, 4.69) is 20.5 Å². The fraction of sp³-hybridized carbons (Fsp3) is 0.611. The summed E-state index contributed by atoms with van der Waals surface area (Å²) in [4.78, 5) is 6.52. The standard InChI is InChI=1S/C18H28ClFN4O/c1-21-18(22-9-6-12-25-2)23-13-16(24-10-3-4-11-24)17-14(19)7-5-8-15(17)20/h5,7-8,16H,3-4,6,9-13H2,1-2H3,(H2,21,22,23). The third kappa shape index (κ3) is 5.83. The first kappa shape index (κ1) is 19.9. The zero-order valence-corrected chi connectivity index (χ0v) is 15.8. The van der Waals surface area contributed by atoms with Crippen LogP contribution < -0.4 is 10.6 Å². The first-order chi connectivity index (χ1) is 12.2. The minimum atomic E-state index is -0.255. The molecule has 5 nitrogen and oxygen atoms in total. The fourth-order valence-electron chi connectivity index (χ4n) is 3.13. The van der Waals surface area contributed by atoms with Gasteiger partial charge in [-0.15, -0.1) is 0 Å². The number of nitrogens with zero attached hydrogens (tertiary/aromatic N) is 2. The van der Waals surface area contributed by atoms with Gasteiger partial charge in [-0.05, 0) is 44.5 Å². The maximum atomic E-state index is 14.4. The SMILES string of the molecule is CN=C(NCCCOC)NCC(c1c(F)cccc1Cl)N1CCCC1. The van der Waals surface area contributed by atoms with Crippen molar-refractivity contribution in [2.75, 3.05) is 46.9 Å². The Morgan fingerprint density at radius 2 is 2.12 bits per heavy atom. The van der Waals surface area contributed by atoms with E-state index in [1.807, 2.05) is 0 Å². The lowest BCUT2D eigenvalue weighted by molar-refractivity contribution is 0.195. The molecular weight excluding hydrogens is 343 g/mol. The lowest BCUT2D eigenvalue weighted by Crippen LogP contribution is -2.43. The Morgan fingerprint density at radius 1 is 1.36 bits per heavy atom. The zero-order valence-electron chi connectivity index (χ0n) is 15.0. The van der Waals surface area contributed by atoms with E-state index in [9.17, 15) is 4.39 Å². The number of nitrogens with one attached hydrogen (secondary N) is 2. The highest BCUT2D eigenvalue weighted by Gasteiger charge is 2.27. The van der Waals surface area contributed by atoms with Crippen LogP contribution in [0.2, 0.25) is 5.02 Å². The molecule has 0 saturated carbocycles. The van der Waals surface area contributed by atoms with Crippen molar-refractivity contribution in [2.45, 2.75) is 25.3 Å². The Hall–Kier alpha value is -1.37. The largest absolute Gasteiger partial charge is 0.385 e. The van der Waals surface area contributed by atoms with Crippen molar-refractivity contribution in [3.63, 3.8) is 0 Å². The molecule has 1 aliphatic heterocycles. The molecule has 0 aliphatic carbocycles. The van der Waals surface area contributed by atoms with Gasteiger partial charge in [0.05, 0.1) is 6.04 Å². The van der Waals surface area contributed by atoms with E-state index in [4.69, 9.17) is 16.3 Å². The van der Waals surface area contributed by atoms with E-state index >= 15 is 0 Å². The monoisotopic (exact) mass is 370 g/mol. The Labute approximate surface area is 154 Å². The molecule has 1 aromatic rings. The van der Waals surface area contributed by atoms with Gasteiger partial charge in [0.15, 0.2) is 5.96 Å². The van der Waals surface area contributed by atoms with Crippen LogP contribution in [-0.2, 0) is 4.74 Å². The van der Waals surface area contributed by atoms with Gasteiger partial charge in [0.2, 0.25) is 0 Å². The van der Waals surface area contributed by atoms with Gasteiger partial charge in [-0.25, -0.2) is 4.39 Å². The highest BCUT2D eigenvalue weighted by molar-refractivity contribution is 6.31. The number of halogens is 2. The summed E-state index contributed by atoms with van der Waals surface area (Å²) in [6.45, 7) is 3.92. The fourth-order valence-corrected chi connectivity index (χ4v) is 3.42. The second-order valence-corrected chi connectivity index (χ2v) is 6.53. The van der Waals surface area contributed by atoms with Crippen molar-refractivity contribution < 1.29 is 9.13 Å². The van der Waals surface area contributed by atoms with Crippen molar-refractivity contribution in [1.82, 2.24) is 15.5 Å². The summed E-state index contributed by atoms with van der Waals surface area (Å²) in [6.07, 6.45) is 3.16. The molecule has 7 heteroatoms. The van der Waals surface area contributed by atoms with Gasteiger partial charge in [-0.2, -0.15) is 0 Å². The van der Waals surface area contributed by atoms with Crippen LogP contribution in [-0.4, -0.2) is 57.8 Å². The van der Waals surface area contributed by atoms with Gasteiger partial charge in [0, 0.05) is 44.4 Å². The zero-order chi connectivity index (χ0) is 18.1.